The first-order valence-corrected chi connectivity index (χ1v) is 10.8. The summed E-state index contributed by atoms with van der Waals surface area (Å²) in [6.45, 7) is 5.93. The quantitative estimate of drug-likeness (QED) is 0.674. The summed E-state index contributed by atoms with van der Waals surface area (Å²) in [6.07, 6.45) is -1.08. The van der Waals surface area contributed by atoms with Gasteiger partial charge in [0, 0.05) is 18.8 Å². The number of rotatable bonds is 6. The molecule has 1 aliphatic heterocycles. The molecule has 1 atom stereocenters. The second-order valence-corrected chi connectivity index (χ2v) is 8.71. The molecular weight excluding hydrogens is 414 g/mol. The zero-order valence-electron chi connectivity index (χ0n) is 16.9. The number of esters is 1. The molecule has 1 aromatic carbocycles. The smallest absolute Gasteiger partial charge is 0.344 e. The van der Waals surface area contributed by atoms with Crippen LogP contribution in [0.3, 0.4) is 0 Å². The van der Waals surface area contributed by atoms with E-state index in [1.807, 2.05) is 0 Å². The number of nitrogens with one attached hydrogen (secondary N) is 1. The lowest BCUT2D eigenvalue weighted by Crippen LogP contribution is -2.40. The van der Waals surface area contributed by atoms with Crippen LogP contribution in [0.2, 0.25) is 0 Å². The van der Waals surface area contributed by atoms with Gasteiger partial charge in [0.25, 0.3) is 5.91 Å². The highest BCUT2D eigenvalue weighted by Crippen LogP contribution is 2.20. The maximum atomic E-state index is 12.6. The molecule has 1 fully saturated rings. The number of hydrogen-bond acceptors (Lipinski definition) is 8. The fraction of sp³-hybridized carbons (Fsp3) is 0.421. The Hall–Kier alpha value is -2.76. The second kappa shape index (κ2) is 8.94. The number of anilines is 1. The molecular formula is C19H23N3O7S. The molecule has 3 rings (SSSR count). The van der Waals surface area contributed by atoms with E-state index in [0.29, 0.717) is 43.4 Å². The Morgan fingerprint density at radius 2 is 1.80 bits per heavy atom. The zero-order chi connectivity index (χ0) is 21.9. The number of morpholine rings is 1. The van der Waals surface area contributed by atoms with E-state index in [4.69, 9.17) is 14.0 Å². The minimum absolute atomic E-state index is 0.125. The van der Waals surface area contributed by atoms with Gasteiger partial charge in [-0.3, -0.25) is 4.79 Å². The standard InChI is InChI=1S/C19H23N3O7S/c1-12-17(13(2)29-21-12)19(24)28-14(3)18(23)20-15-4-6-16(7-5-15)30(25,26)22-8-10-27-11-9-22/h4-7,14H,8-11H2,1-3H3,(H,20,23)/t14-/m1/s1. The van der Waals surface area contributed by atoms with E-state index in [0.717, 1.165) is 0 Å². The van der Waals surface area contributed by atoms with Crippen molar-refractivity contribution >= 4 is 27.6 Å². The van der Waals surface area contributed by atoms with Crippen molar-refractivity contribution in [3.8, 4) is 0 Å². The number of amides is 1. The maximum absolute atomic E-state index is 12.6. The van der Waals surface area contributed by atoms with Crippen LogP contribution in [-0.2, 0) is 24.3 Å². The number of aromatic nitrogens is 1. The van der Waals surface area contributed by atoms with Crippen LogP contribution in [0, 0.1) is 13.8 Å². The summed E-state index contributed by atoms with van der Waals surface area (Å²) in [6, 6.07) is 5.80. The van der Waals surface area contributed by atoms with E-state index in [2.05, 4.69) is 10.5 Å². The van der Waals surface area contributed by atoms with E-state index in [1.165, 1.54) is 35.5 Å². The number of carbonyl (C=O) groups is 2. The molecule has 0 bridgehead atoms. The summed E-state index contributed by atoms with van der Waals surface area (Å²) in [4.78, 5) is 24.7. The molecule has 2 heterocycles. The third kappa shape index (κ3) is 4.69. The largest absolute Gasteiger partial charge is 0.449 e. The van der Waals surface area contributed by atoms with E-state index in [-0.39, 0.29) is 10.5 Å². The normalized spacial score (nSPS) is 16.1. The van der Waals surface area contributed by atoms with Crippen LogP contribution in [0.15, 0.2) is 33.7 Å². The molecule has 10 nitrogen and oxygen atoms in total. The Morgan fingerprint density at radius 1 is 1.17 bits per heavy atom. The van der Waals surface area contributed by atoms with Crippen LogP contribution in [0.25, 0.3) is 0 Å². The molecule has 11 heteroatoms. The number of hydrogen-bond donors (Lipinski definition) is 1. The van der Waals surface area contributed by atoms with Crippen molar-refractivity contribution in [1.82, 2.24) is 9.46 Å². The summed E-state index contributed by atoms with van der Waals surface area (Å²) >= 11 is 0. The first-order valence-electron chi connectivity index (χ1n) is 9.33. The summed E-state index contributed by atoms with van der Waals surface area (Å²) < 4.78 is 41.9. The van der Waals surface area contributed by atoms with Gasteiger partial charge in [-0.25, -0.2) is 13.2 Å². The van der Waals surface area contributed by atoms with Gasteiger partial charge >= 0.3 is 5.97 Å². The highest BCUT2D eigenvalue weighted by atomic mass is 32.2. The molecule has 0 aliphatic carbocycles. The molecule has 162 valence electrons. The van der Waals surface area contributed by atoms with E-state index in [9.17, 15) is 18.0 Å². The molecule has 1 aliphatic rings. The molecule has 30 heavy (non-hydrogen) atoms. The van der Waals surface area contributed by atoms with Gasteiger partial charge in [-0.1, -0.05) is 5.16 Å². The molecule has 0 saturated carbocycles. The van der Waals surface area contributed by atoms with Crippen molar-refractivity contribution in [1.29, 1.82) is 0 Å². The predicted molar refractivity (Wildman–Crippen MR) is 106 cm³/mol. The van der Waals surface area contributed by atoms with Gasteiger partial charge < -0.3 is 19.3 Å². The van der Waals surface area contributed by atoms with E-state index < -0.39 is 28.0 Å². The van der Waals surface area contributed by atoms with Crippen molar-refractivity contribution < 1.29 is 32.0 Å². The third-order valence-electron chi connectivity index (χ3n) is 4.62. The fourth-order valence-electron chi connectivity index (χ4n) is 2.94. The Balaban J connectivity index is 1.62. The Morgan fingerprint density at radius 3 is 2.37 bits per heavy atom. The number of benzene rings is 1. The number of ether oxygens (including phenoxy) is 2. The Bertz CT molecular complexity index is 1010. The van der Waals surface area contributed by atoms with Gasteiger partial charge in [0.2, 0.25) is 10.0 Å². The Kier molecular flexibility index (Phi) is 6.54. The van der Waals surface area contributed by atoms with Crippen molar-refractivity contribution in [2.45, 2.75) is 31.8 Å². The molecule has 0 radical (unpaired) electrons. The fourth-order valence-corrected chi connectivity index (χ4v) is 4.35. The summed E-state index contributed by atoms with van der Waals surface area (Å²) in [5, 5.41) is 6.28. The molecule has 0 spiro atoms. The van der Waals surface area contributed by atoms with Gasteiger partial charge in [0.1, 0.15) is 11.3 Å². The van der Waals surface area contributed by atoms with Gasteiger partial charge in [-0.15, -0.1) is 0 Å². The van der Waals surface area contributed by atoms with Gasteiger partial charge in [-0.05, 0) is 45.0 Å². The maximum Gasteiger partial charge on any atom is 0.344 e. The van der Waals surface area contributed by atoms with Gasteiger partial charge in [0.05, 0.1) is 23.8 Å². The second-order valence-electron chi connectivity index (χ2n) is 6.78. The average Bonchev–Trinajstić information content (AvgIpc) is 3.07. The molecule has 1 saturated heterocycles. The zero-order valence-corrected chi connectivity index (χ0v) is 17.7. The monoisotopic (exact) mass is 437 g/mol. The van der Waals surface area contributed by atoms with Crippen LogP contribution in [0.1, 0.15) is 28.7 Å². The predicted octanol–water partition coefficient (Wildman–Crippen LogP) is 1.50. The number of carbonyl (C=O) groups excluding carboxylic acids is 2. The highest BCUT2D eigenvalue weighted by Gasteiger charge is 2.27. The molecule has 2 aromatic rings. The van der Waals surface area contributed by atoms with Gasteiger partial charge in [0.15, 0.2) is 6.10 Å². The minimum atomic E-state index is -3.62. The lowest BCUT2D eigenvalue weighted by atomic mass is 10.2. The summed E-state index contributed by atoms with van der Waals surface area (Å²) in [5.74, 6) is -0.957. The van der Waals surface area contributed by atoms with Gasteiger partial charge in [-0.2, -0.15) is 4.31 Å². The number of sulfonamides is 1. The Labute approximate surface area is 174 Å². The van der Waals surface area contributed by atoms with Crippen molar-refractivity contribution in [3.63, 3.8) is 0 Å². The van der Waals surface area contributed by atoms with E-state index in [1.54, 1.807) is 13.8 Å². The minimum Gasteiger partial charge on any atom is -0.449 e. The van der Waals surface area contributed by atoms with Crippen LogP contribution in [-0.4, -0.2) is 62.2 Å². The first-order chi connectivity index (χ1) is 14.2. The first kappa shape index (κ1) is 21.9. The third-order valence-corrected chi connectivity index (χ3v) is 6.53. The topological polar surface area (TPSA) is 128 Å². The van der Waals surface area contributed by atoms with Crippen molar-refractivity contribution in [2.24, 2.45) is 0 Å². The van der Waals surface area contributed by atoms with Crippen molar-refractivity contribution in [2.75, 3.05) is 31.6 Å². The summed E-state index contributed by atoms with van der Waals surface area (Å²) in [7, 11) is -3.62. The van der Waals surface area contributed by atoms with Crippen LogP contribution in [0.4, 0.5) is 5.69 Å². The van der Waals surface area contributed by atoms with Crippen LogP contribution >= 0.6 is 0 Å². The number of nitrogens with zero attached hydrogens (tertiary/aromatic N) is 2. The number of aryl methyl sites for hydroxylation is 2. The van der Waals surface area contributed by atoms with Crippen LogP contribution < -0.4 is 5.32 Å². The van der Waals surface area contributed by atoms with E-state index >= 15 is 0 Å². The molecule has 1 amide bonds. The lowest BCUT2D eigenvalue weighted by Gasteiger charge is -2.26. The van der Waals surface area contributed by atoms with Crippen molar-refractivity contribution in [3.05, 3.63) is 41.3 Å². The SMILES string of the molecule is Cc1noc(C)c1C(=O)O[C@H](C)C(=O)Nc1ccc(S(=O)(=O)N2CCOCC2)cc1. The molecule has 1 N–H and O–H groups in total. The average molecular weight is 437 g/mol. The van der Waals surface area contributed by atoms with Crippen LogP contribution in [0.5, 0.6) is 0 Å². The highest BCUT2D eigenvalue weighted by molar-refractivity contribution is 7.89. The molecule has 0 unspecified atom stereocenters. The lowest BCUT2D eigenvalue weighted by molar-refractivity contribution is -0.123. The molecule has 1 aromatic heterocycles. The summed E-state index contributed by atoms with van der Waals surface area (Å²) in [5.41, 5.74) is 0.940.